The summed E-state index contributed by atoms with van der Waals surface area (Å²) in [7, 11) is 0. The second-order valence-corrected chi connectivity index (χ2v) is 5.34. The van der Waals surface area contributed by atoms with E-state index in [4.69, 9.17) is 0 Å². The van der Waals surface area contributed by atoms with Crippen LogP contribution in [-0.4, -0.2) is 34.7 Å². The molecule has 0 aliphatic heterocycles. The molecule has 1 aromatic carbocycles. The van der Waals surface area contributed by atoms with Crippen molar-refractivity contribution in [3.05, 3.63) is 58.3 Å². The summed E-state index contributed by atoms with van der Waals surface area (Å²) in [4.78, 5) is 27.1. The third-order valence-corrected chi connectivity index (χ3v) is 3.21. The lowest BCUT2D eigenvalue weighted by Gasteiger charge is -2.04. The lowest BCUT2D eigenvalue weighted by Crippen LogP contribution is -2.34. The van der Waals surface area contributed by atoms with Crippen LogP contribution < -0.4 is 10.7 Å². The Morgan fingerprint density at radius 1 is 1.35 bits per heavy atom. The highest BCUT2D eigenvalue weighted by molar-refractivity contribution is 9.10. The third kappa shape index (κ3) is 5.19. The van der Waals surface area contributed by atoms with Crippen molar-refractivity contribution in [2.45, 2.75) is 0 Å². The van der Waals surface area contributed by atoms with Crippen molar-refractivity contribution in [1.82, 2.24) is 15.7 Å². The van der Waals surface area contributed by atoms with Crippen LogP contribution >= 0.6 is 15.9 Å². The number of carbonyl (C=O) groups excluding carboxylic acids is 2. The number of phenolic OH excluding ortho intramolecular Hbond substituents is 1. The van der Waals surface area contributed by atoms with Gasteiger partial charge in [-0.2, -0.15) is 5.10 Å². The van der Waals surface area contributed by atoms with Crippen LogP contribution in [0.1, 0.15) is 15.9 Å². The van der Waals surface area contributed by atoms with Gasteiger partial charge in [0.2, 0.25) is 0 Å². The number of halogens is 1. The summed E-state index contributed by atoms with van der Waals surface area (Å²) >= 11 is 3.27. The number of carbonyl (C=O) groups is 2. The molecule has 7 nitrogen and oxygen atoms in total. The molecular formula is C15H13BrN4O3. The molecule has 0 radical (unpaired) electrons. The molecule has 0 aliphatic carbocycles. The van der Waals surface area contributed by atoms with E-state index in [0.29, 0.717) is 11.1 Å². The second kappa shape index (κ2) is 8.04. The monoisotopic (exact) mass is 376 g/mol. The SMILES string of the molecule is O=C(CNC(=O)c1cccnc1)NN=Cc1cc(Br)ccc1O. The van der Waals surface area contributed by atoms with E-state index >= 15 is 0 Å². The van der Waals surface area contributed by atoms with E-state index < -0.39 is 11.8 Å². The quantitative estimate of drug-likeness (QED) is 0.542. The van der Waals surface area contributed by atoms with Gasteiger partial charge in [0.1, 0.15) is 5.75 Å². The molecule has 1 aromatic heterocycles. The van der Waals surface area contributed by atoms with E-state index in [1.807, 2.05) is 0 Å². The van der Waals surface area contributed by atoms with Crippen LogP contribution in [-0.2, 0) is 4.79 Å². The largest absolute Gasteiger partial charge is 0.507 e. The van der Waals surface area contributed by atoms with Gasteiger partial charge in [0.25, 0.3) is 11.8 Å². The molecule has 0 saturated carbocycles. The molecular weight excluding hydrogens is 364 g/mol. The molecule has 0 bridgehead atoms. The van der Waals surface area contributed by atoms with Gasteiger partial charge in [0.05, 0.1) is 18.3 Å². The highest BCUT2D eigenvalue weighted by Gasteiger charge is 2.07. The van der Waals surface area contributed by atoms with Gasteiger partial charge in [-0.1, -0.05) is 15.9 Å². The van der Waals surface area contributed by atoms with Crippen LogP contribution in [0.3, 0.4) is 0 Å². The lowest BCUT2D eigenvalue weighted by atomic mass is 10.2. The number of nitrogens with zero attached hydrogens (tertiary/aromatic N) is 2. The fraction of sp³-hybridized carbons (Fsp3) is 0.0667. The van der Waals surface area contributed by atoms with Gasteiger partial charge in [-0.05, 0) is 30.3 Å². The molecule has 2 aromatic rings. The molecule has 2 rings (SSSR count). The van der Waals surface area contributed by atoms with Crippen molar-refractivity contribution in [1.29, 1.82) is 0 Å². The number of nitrogens with one attached hydrogen (secondary N) is 2. The predicted octanol–water partition coefficient (Wildman–Crippen LogP) is 1.43. The van der Waals surface area contributed by atoms with E-state index in [1.54, 1.807) is 30.5 Å². The molecule has 0 spiro atoms. The fourth-order valence-electron chi connectivity index (χ4n) is 1.60. The van der Waals surface area contributed by atoms with Crippen molar-refractivity contribution in [3.8, 4) is 5.75 Å². The molecule has 2 amide bonds. The molecule has 118 valence electrons. The number of phenols is 1. The zero-order chi connectivity index (χ0) is 16.7. The molecule has 0 aliphatic rings. The minimum Gasteiger partial charge on any atom is -0.507 e. The Labute approximate surface area is 140 Å². The first-order valence-electron chi connectivity index (χ1n) is 6.55. The van der Waals surface area contributed by atoms with Crippen molar-refractivity contribution in [2.24, 2.45) is 5.10 Å². The first-order valence-corrected chi connectivity index (χ1v) is 7.34. The zero-order valence-corrected chi connectivity index (χ0v) is 13.4. The number of hydrogen-bond donors (Lipinski definition) is 3. The number of amides is 2. The second-order valence-electron chi connectivity index (χ2n) is 4.42. The van der Waals surface area contributed by atoms with Crippen LogP contribution in [0, 0.1) is 0 Å². The van der Waals surface area contributed by atoms with Crippen molar-refractivity contribution >= 4 is 34.0 Å². The van der Waals surface area contributed by atoms with E-state index in [9.17, 15) is 14.7 Å². The maximum absolute atomic E-state index is 11.7. The predicted molar refractivity (Wildman–Crippen MR) is 88.1 cm³/mol. The summed E-state index contributed by atoms with van der Waals surface area (Å²) < 4.78 is 0.770. The molecule has 8 heteroatoms. The van der Waals surface area contributed by atoms with Crippen molar-refractivity contribution < 1.29 is 14.7 Å². The summed E-state index contributed by atoms with van der Waals surface area (Å²) in [5.41, 5.74) is 3.07. The van der Waals surface area contributed by atoms with Gasteiger partial charge in [-0.3, -0.25) is 14.6 Å². The first-order chi connectivity index (χ1) is 11.1. The van der Waals surface area contributed by atoms with Gasteiger partial charge < -0.3 is 10.4 Å². The summed E-state index contributed by atoms with van der Waals surface area (Å²) in [5.74, 6) is -0.856. The molecule has 0 fully saturated rings. The van der Waals surface area contributed by atoms with Crippen LogP contribution in [0.4, 0.5) is 0 Å². The number of hydrogen-bond acceptors (Lipinski definition) is 5. The number of benzene rings is 1. The van der Waals surface area contributed by atoms with Crippen LogP contribution in [0.25, 0.3) is 0 Å². The summed E-state index contributed by atoms with van der Waals surface area (Å²) in [6.45, 7) is -0.227. The topological polar surface area (TPSA) is 104 Å². The molecule has 23 heavy (non-hydrogen) atoms. The minimum atomic E-state index is -0.493. The van der Waals surface area contributed by atoms with E-state index in [2.05, 4.69) is 36.8 Å². The Kier molecular flexibility index (Phi) is 5.81. The van der Waals surface area contributed by atoms with Crippen molar-refractivity contribution in [3.63, 3.8) is 0 Å². The highest BCUT2D eigenvalue weighted by Crippen LogP contribution is 2.19. The zero-order valence-electron chi connectivity index (χ0n) is 11.9. The number of hydrazone groups is 1. The normalized spacial score (nSPS) is 10.5. The van der Waals surface area contributed by atoms with E-state index in [-0.39, 0.29) is 12.3 Å². The average Bonchev–Trinajstić information content (AvgIpc) is 2.56. The number of pyridine rings is 1. The number of rotatable bonds is 5. The highest BCUT2D eigenvalue weighted by atomic mass is 79.9. The Morgan fingerprint density at radius 3 is 2.91 bits per heavy atom. The van der Waals surface area contributed by atoms with Gasteiger partial charge in [-0.25, -0.2) is 5.43 Å². The van der Waals surface area contributed by atoms with Crippen molar-refractivity contribution in [2.75, 3.05) is 6.54 Å². The Balaban J connectivity index is 1.82. The first kappa shape index (κ1) is 16.6. The molecule has 0 unspecified atom stereocenters. The maximum Gasteiger partial charge on any atom is 0.259 e. The maximum atomic E-state index is 11.7. The number of aromatic nitrogens is 1. The summed E-state index contributed by atoms with van der Waals surface area (Å²) in [6, 6.07) is 8.05. The Hall–Kier alpha value is -2.74. The molecule has 0 saturated heterocycles. The van der Waals surface area contributed by atoms with Crippen LogP contribution in [0.15, 0.2) is 52.3 Å². The lowest BCUT2D eigenvalue weighted by molar-refractivity contribution is -0.120. The van der Waals surface area contributed by atoms with Gasteiger partial charge in [0.15, 0.2) is 0 Å². The van der Waals surface area contributed by atoms with Gasteiger partial charge in [0, 0.05) is 22.4 Å². The third-order valence-electron chi connectivity index (χ3n) is 2.72. The Bertz CT molecular complexity index is 735. The summed E-state index contributed by atoms with van der Waals surface area (Å²) in [5, 5.41) is 15.8. The van der Waals surface area contributed by atoms with E-state index in [1.165, 1.54) is 18.5 Å². The molecule has 3 N–H and O–H groups in total. The van der Waals surface area contributed by atoms with Crippen LogP contribution in [0.2, 0.25) is 0 Å². The standard InChI is InChI=1S/C15H13BrN4O3/c16-12-3-4-13(21)11(6-12)8-19-20-14(22)9-18-15(23)10-2-1-5-17-7-10/h1-8,21H,9H2,(H,18,23)(H,20,22). The molecule has 0 atom stereocenters. The van der Waals surface area contributed by atoms with Gasteiger partial charge in [-0.15, -0.1) is 0 Å². The summed E-state index contributed by atoms with van der Waals surface area (Å²) in [6.07, 6.45) is 4.26. The average molecular weight is 377 g/mol. The van der Waals surface area contributed by atoms with E-state index in [0.717, 1.165) is 4.47 Å². The van der Waals surface area contributed by atoms with Crippen LogP contribution in [0.5, 0.6) is 5.75 Å². The van der Waals surface area contributed by atoms with Gasteiger partial charge >= 0.3 is 0 Å². The smallest absolute Gasteiger partial charge is 0.259 e. The number of aromatic hydroxyl groups is 1. The Morgan fingerprint density at radius 2 is 2.17 bits per heavy atom. The molecule has 1 heterocycles. The minimum absolute atomic E-state index is 0.0380. The fourth-order valence-corrected chi connectivity index (χ4v) is 1.98.